The van der Waals surface area contributed by atoms with Crippen LogP contribution in [0, 0.1) is 10.8 Å². The molecule has 0 N–H and O–H groups in total. The van der Waals surface area contributed by atoms with Crippen molar-refractivity contribution >= 4 is 0 Å². The Morgan fingerprint density at radius 3 is 1.53 bits per heavy atom. The number of hydrogen-bond acceptors (Lipinski definition) is 6. The van der Waals surface area contributed by atoms with Crippen molar-refractivity contribution in [2.45, 2.75) is 47.1 Å². The summed E-state index contributed by atoms with van der Waals surface area (Å²) in [5.41, 5.74) is -0.988. The second-order valence-electron chi connectivity index (χ2n) is 9.61. The molecule has 1 aliphatic heterocycles. The van der Waals surface area contributed by atoms with Crippen molar-refractivity contribution in [3.05, 3.63) is 24.3 Å². The summed E-state index contributed by atoms with van der Waals surface area (Å²) in [7, 11) is 0. The van der Waals surface area contributed by atoms with E-state index in [1.54, 1.807) is 0 Å². The minimum atomic E-state index is -0.593. The molecule has 0 fully saturated rings. The van der Waals surface area contributed by atoms with Crippen LogP contribution in [-0.4, -0.2) is 65.1 Å². The maximum Gasteiger partial charge on any atom is 0.162 e. The number of ether oxygens (including phenoxy) is 6. The van der Waals surface area contributed by atoms with Crippen LogP contribution in [0.2, 0.25) is 0 Å². The Morgan fingerprint density at radius 1 is 0.600 bits per heavy atom. The highest BCUT2D eigenvalue weighted by atomic mass is 16.6. The van der Waals surface area contributed by atoms with E-state index in [0.717, 1.165) is 0 Å². The van der Waals surface area contributed by atoms with E-state index in [2.05, 4.69) is 41.5 Å². The van der Waals surface area contributed by atoms with Crippen molar-refractivity contribution < 1.29 is 28.4 Å². The van der Waals surface area contributed by atoms with Crippen LogP contribution >= 0.6 is 0 Å². The number of fused-ring (bicyclic) bond motifs is 1. The van der Waals surface area contributed by atoms with E-state index in [1.165, 1.54) is 0 Å². The highest BCUT2D eigenvalue weighted by Gasteiger charge is 2.53. The van der Waals surface area contributed by atoms with Crippen LogP contribution in [0.1, 0.15) is 41.5 Å². The van der Waals surface area contributed by atoms with Crippen molar-refractivity contribution in [1.29, 1.82) is 0 Å². The maximum absolute atomic E-state index is 6.81. The number of benzene rings is 1. The Morgan fingerprint density at radius 2 is 1.03 bits per heavy atom. The molecule has 1 heterocycles. The predicted molar refractivity (Wildman–Crippen MR) is 117 cm³/mol. The van der Waals surface area contributed by atoms with Crippen LogP contribution in [0.3, 0.4) is 0 Å². The Hall–Kier alpha value is -1.34. The summed E-state index contributed by atoms with van der Waals surface area (Å²) in [5.74, 6) is 1.42. The van der Waals surface area contributed by atoms with Gasteiger partial charge in [-0.1, -0.05) is 53.7 Å². The molecule has 30 heavy (non-hydrogen) atoms. The lowest BCUT2D eigenvalue weighted by Gasteiger charge is -2.52. The highest BCUT2D eigenvalue weighted by molar-refractivity contribution is 5.40. The Balaban J connectivity index is 2.29. The van der Waals surface area contributed by atoms with E-state index in [9.17, 15) is 0 Å². The zero-order valence-electron chi connectivity index (χ0n) is 19.6. The van der Waals surface area contributed by atoms with E-state index >= 15 is 0 Å². The van der Waals surface area contributed by atoms with Crippen molar-refractivity contribution in [1.82, 2.24) is 0 Å². The van der Waals surface area contributed by atoms with Gasteiger partial charge < -0.3 is 28.4 Å². The van der Waals surface area contributed by atoms with Crippen molar-refractivity contribution in [2.75, 3.05) is 59.5 Å². The van der Waals surface area contributed by atoms with Gasteiger partial charge in [-0.3, -0.25) is 0 Å². The van der Waals surface area contributed by atoms with Crippen LogP contribution in [-0.2, 0) is 18.9 Å². The smallest absolute Gasteiger partial charge is 0.162 e. The summed E-state index contributed by atoms with van der Waals surface area (Å²) in [6, 6.07) is 7.80. The van der Waals surface area contributed by atoms with E-state index in [4.69, 9.17) is 28.4 Å². The van der Waals surface area contributed by atoms with Gasteiger partial charge in [0.2, 0.25) is 0 Å². The largest absolute Gasteiger partial charge is 0.487 e. The zero-order valence-corrected chi connectivity index (χ0v) is 19.6. The molecule has 0 unspecified atom stereocenters. The molecule has 1 aliphatic rings. The average Bonchev–Trinajstić information content (AvgIpc) is 2.65. The van der Waals surface area contributed by atoms with Crippen LogP contribution in [0.5, 0.6) is 11.5 Å². The van der Waals surface area contributed by atoms with Gasteiger partial charge in [-0.05, 0) is 12.1 Å². The predicted octanol–water partition coefficient (Wildman–Crippen LogP) is 4.36. The van der Waals surface area contributed by atoms with Gasteiger partial charge in [0.05, 0.1) is 52.9 Å². The minimum Gasteiger partial charge on any atom is -0.487 e. The summed E-state index contributed by atoms with van der Waals surface area (Å²) in [6.45, 7) is 17.7. The standard InChI is InChI=1S/C24H40O6/c1-22(2,3)24(23(4,5)6)19-28-16-15-26-12-11-25-13-14-27-17-18-29-20-9-7-8-10-21(20)30-24/h7-10H,11-19H2,1-6H3. The summed E-state index contributed by atoms with van der Waals surface area (Å²) >= 11 is 0. The molecule has 0 bridgehead atoms. The van der Waals surface area contributed by atoms with E-state index in [-0.39, 0.29) is 10.8 Å². The topological polar surface area (TPSA) is 55.4 Å². The lowest BCUT2D eigenvalue weighted by molar-refractivity contribution is -0.161. The highest BCUT2D eigenvalue weighted by Crippen LogP contribution is 2.48. The second-order valence-corrected chi connectivity index (χ2v) is 9.61. The van der Waals surface area contributed by atoms with Gasteiger partial charge in [-0.15, -0.1) is 0 Å². The molecule has 6 nitrogen and oxygen atoms in total. The minimum absolute atomic E-state index is 0.197. The summed E-state index contributed by atoms with van der Waals surface area (Å²) < 4.78 is 35.6. The molecule has 0 saturated carbocycles. The van der Waals surface area contributed by atoms with Crippen molar-refractivity contribution in [3.8, 4) is 11.5 Å². The third-order valence-corrected chi connectivity index (χ3v) is 5.46. The van der Waals surface area contributed by atoms with Crippen molar-refractivity contribution in [3.63, 3.8) is 0 Å². The Labute approximate surface area is 182 Å². The fourth-order valence-corrected chi connectivity index (χ4v) is 3.82. The molecule has 2 rings (SSSR count). The second kappa shape index (κ2) is 11.3. The van der Waals surface area contributed by atoms with Crippen LogP contribution < -0.4 is 9.47 Å². The van der Waals surface area contributed by atoms with Gasteiger partial charge >= 0.3 is 0 Å². The number of hydrogen-bond donors (Lipinski definition) is 0. The van der Waals surface area contributed by atoms with Crippen LogP contribution in [0.15, 0.2) is 24.3 Å². The lowest BCUT2D eigenvalue weighted by atomic mass is 9.62. The first-order valence-corrected chi connectivity index (χ1v) is 10.9. The molecule has 0 atom stereocenters. The molecule has 0 aromatic heterocycles. The lowest BCUT2D eigenvalue weighted by Crippen LogP contribution is -2.60. The van der Waals surface area contributed by atoms with Gasteiger partial charge in [-0.2, -0.15) is 0 Å². The SMILES string of the molecule is CC(C)(C)C1(C(C)(C)C)COCCOCCOCCOCCOc2ccccc2O1. The molecule has 0 saturated heterocycles. The molecule has 1 aromatic rings. The fourth-order valence-electron chi connectivity index (χ4n) is 3.82. The van der Waals surface area contributed by atoms with Gasteiger partial charge in [0.25, 0.3) is 0 Å². The average molecular weight is 425 g/mol. The molecule has 172 valence electrons. The number of para-hydroxylation sites is 2. The van der Waals surface area contributed by atoms with Crippen LogP contribution in [0.25, 0.3) is 0 Å². The zero-order chi connectivity index (χ0) is 22.1. The van der Waals surface area contributed by atoms with Gasteiger partial charge in [0.15, 0.2) is 11.5 Å². The molecule has 0 spiro atoms. The monoisotopic (exact) mass is 424 g/mol. The first-order chi connectivity index (χ1) is 14.2. The molecular weight excluding hydrogens is 384 g/mol. The molecule has 1 aromatic carbocycles. The van der Waals surface area contributed by atoms with E-state index in [0.29, 0.717) is 71.0 Å². The molecule has 0 aliphatic carbocycles. The third-order valence-electron chi connectivity index (χ3n) is 5.46. The van der Waals surface area contributed by atoms with Crippen molar-refractivity contribution in [2.24, 2.45) is 10.8 Å². The molecule has 0 amide bonds. The van der Waals surface area contributed by atoms with Crippen LogP contribution in [0.4, 0.5) is 0 Å². The normalized spacial score (nSPS) is 20.7. The van der Waals surface area contributed by atoms with Gasteiger partial charge in [0, 0.05) is 10.8 Å². The molecular formula is C24H40O6. The molecule has 6 heteroatoms. The quantitative estimate of drug-likeness (QED) is 0.617. The number of rotatable bonds is 0. The Bertz CT molecular complexity index is 603. The summed E-state index contributed by atoms with van der Waals surface area (Å²) in [4.78, 5) is 0. The van der Waals surface area contributed by atoms with E-state index < -0.39 is 5.60 Å². The first-order valence-electron chi connectivity index (χ1n) is 10.9. The van der Waals surface area contributed by atoms with Gasteiger partial charge in [-0.25, -0.2) is 0 Å². The maximum atomic E-state index is 6.81. The summed E-state index contributed by atoms with van der Waals surface area (Å²) in [6.07, 6.45) is 0. The van der Waals surface area contributed by atoms with Gasteiger partial charge in [0.1, 0.15) is 12.2 Å². The molecule has 0 radical (unpaired) electrons. The summed E-state index contributed by atoms with van der Waals surface area (Å²) in [5, 5.41) is 0. The van der Waals surface area contributed by atoms with E-state index in [1.807, 2.05) is 24.3 Å². The first kappa shape index (κ1) is 24.9. The fraction of sp³-hybridized carbons (Fsp3) is 0.750. The Kier molecular flexibility index (Phi) is 9.41. The third kappa shape index (κ3) is 6.84.